The zero-order valence-electron chi connectivity index (χ0n) is 13.1. The molecule has 21 heavy (non-hydrogen) atoms. The van der Waals surface area contributed by atoms with Crippen LogP contribution in [0, 0.1) is 20.8 Å². The van der Waals surface area contributed by atoms with E-state index < -0.39 is 0 Å². The number of nitrogens with one attached hydrogen (secondary N) is 1. The monoisotopic (exact) mass is 281 g/mol. The third-order valence-electron chi connectivity index (χ3n) is 3.98. The van der Waals surface area contributed by atoms with Crippen molar-refractivity contribution in [1.29, 1.82) is 0 Å². The van der Waals surface area contributed by atoms with Gasteiger partial charge in [-0.25, -0.2) is 0 Å². The number of aryl methyl sites for hydroxylation is 3. The Labute approximate surface area is 127 Å². The Kier molecular flexibility index (Phi) is 3.98. The van der Waals surface area contributed by atoms with Crippen LogP contribution in [0.2, 0.25) is 0 Å². The lowest BCUT2D eigenvalue weighted by Crippen LogP contribution is -2.15. The van der Waals surface area contributed by atoms with Gasteiger partial charge in [-0.15, -0.1) is 0 Å². The van der Waals surface area contributed by atoms with E-state index in [4.69, 9.17) is 4.74 Å². The lowest BCUT2D eigenvalue weighted by atomic mass is 10.1. The molecule has 0 atom stereocenters. The maximum atomic E-state index is 6.09. The fraction of sp³-hybridized carbons (Fsp3) is 0.368. The van der Waals surface area contributed by atoms with Crippen molar-refractivity contribution in [1.82, 2.24) is 5.32 Å². The van der Waals surface area contributed by atoms with Gasteiger partial charge in [0.25, 0.3) is 0 Å². The minimum atomic E-state index is 0.746. The first-order valence-electron chi connectivity index (χ1n) is 7.70. The highest BCUT2D eigenvalue weighted by molar-refractivity contribution is 5.43. The summed E-state index contributed by atoms with van der Waals surface area (Å²) >= 11 is 0. The Balaban J connectivity index is 1.74. The van der Waals surface area contributed by atoms with Gasteiger partial charge in [-0.1, -0.05) is 24.3 Å². The molecule has 0 amide bonds. The third-order valence-corrected chi connectivity index (χ3v) is 3.98. The highest BCUT2D eigenvalue weighted by Crippen LogP contribution is 2.29. The van der Waals surface area contributed by atoms with Crippen molar-refractivity contribution in [3.63, 3.8) is 0 Å². The number of ether oxygens (including phenoxy) is 1. The van der Waals surface area contributed by atoms with E-state index in [1.165, 1.54) is 35.1 Å². The second-order valence-corrected chi connectivity index (χ2v) is 6.13. The standard InChI is InChI=1S/C19H23NO/c1-13-4-5-14(2)19(10-13)21-18-9-6-16(11-15(18)3)12-20-17-7-8-17/h4-6,9-11,17,20H,7-8,12H2,1-3H3. The Hall–Kier alpha value is -1.80. The smallest absolute Gasteiger partial charge is 0.130 e. The minimum absolute atomic E-state index is 0.746. The molecule has 0 unspecified atom stereocenters. The Bertz CT molecular complexity index is 644. The molecule has 2 nitrogen and oxygen atoms in total. The molecular weight excluding hydrogens is 258 g/mol. The maximum Gasteiger partial charge on any atom is 0.130 e. The molecule has 0 saturated heterocycles. The molecule has 2 aromatic rings. The van der Waals surface area contributed by atoms with Gasteiger partial charge in [0.2, 0.25) is 0 Å². The summed E-state index contributed by atoms with van der Waals surface area (Å²) in [7, 11) is 0. The second-order valence-electron chi connectivity index (χ2n) is 6.13. The SMILES string of the molecule is Cc1ccc(C)c(Oc2ccc(CNC3CC3)cc2C)c1. The Morgan fingerprint density at radius 3 is 2.48 bits per heavy atom. The highest BCUT2D eigenvalue weighted by Gasteiger charge is 2.19. The normalized spacial score (nSPS) is 14.2. The van der Waals surface area contributed by atoms with Gasteiger partial charge >= 0.3 is 0 Å². The first kappa shape index (κ1) is 14.2. The first-order valence-corrected chi connectivity index (χ1v) is 7.70. The van der Waals surface area contributed by atoms with Crippen LogP contribution in [0.3, 0.4) is 0 Å². The molecule has 110 valence electrons. The predicted molar refractivity (Wildman–Crippen MR) is 87.0 cm³/mol. The van der Waals surface area contributed by atoms with E-state index in [0.29, 0.717) is 0 Å². The van der Waals surface area contributed by atoms with Crippen molar-refractivity contribution in [2.75, 3.05) is 0 Å². The van der Waals surface area contributed by atoms with Gasteiger partial charge in [0.15, 0.2) is 0 Å². The molecule has 1 N–H and O–H groups in total. The largest absolute Gasteiger partial charge is 0.457 e. The Morgan fingerprint density at radius 1 is 0.952 bits per heavy atom. The Morgan fingerprint density at radius 2 is 1.76 bits per heavy atom. The van der Waals surface area contributed by atoms with E-state index in [1.807, 2.05) is 0 Å². The molecule has 0 bridgehead atoms. The van der Waals surface area contributed by atoms with E-state index in [1.54, 1.807) is 0 Å². The van der Waals surface area contributed by atoms with Crippen LogP contribution >= 0.6 is 0 Å². The molecule has 1 saturated carbocycles. The molecule has 0 aliphatic heterocycles. The van der Waals surface area contributed by atoms with E-state index in [9.17, 15) is 0 Å². The van der Waals surface area contributed by atoms with Crippen molar-refractivity contribution in [3.8, 4) is 11.5 Å². The third kappa shape index (κ3) is 3.64. The van der Waals surface area contributed by atoms with Crippen molar-refractivity contribution < 1.29 is 4.74 Å². The lowest BCUT2D eigenvalue weighted by molar-refractivity contribution is 0.474. The van der Waals surface area contributed by atoms with Gasteiger partial charge in [-0.05, 0) is 68.0 Å². The van der Waals surface area contributed by atoms with Gasteiger partial charge in [0.05, 0.1) is 0 Å². The number of benzene rings is 2. The van der Waals surface area contributed by atoms with Crippen LogP contribution < -0.4 is 10.1 Å². The van der Waals surface area contributed by atoms with Crippen LogP contribution in [0.15, 0.2) is 36.4 Å². The molecule has 2 aromatic carbocycles. The molecular formula is C19H23NO. The predicted octanol–water partition coefficient (Wildman–Crippen LogP) is 4.66. The fourth-order valence-corrected chi connectivity index (χ4v) is 2.42. The number of rotatable bonds is 5. The quantitative estimate of drug-likeness (QED) is 0.861. The second kappa shape index (κ2) is 5.90. The van der Waals surface area contributed by atoms with Gasteiger partial charge in [0, 0.05) is 12.6 Å². The molecule has 0 aromatic heterocycles. The van der Waals surface area contributed by atoms with Crippen LogP contribution in [0.1, 0.15) is 35.1 Å². The van der Waals surface area contributed by atoms with Crippen LogP contribution in [0.4, 0.5) is 0 Å². The van der Waals surface area contributed by atoms with E-state index >= 15 is 0 Å². The molecule has 3 rings (SSSR count). The van der Waals surface area contributed by atoms with E-state index in [0.717, 1.165) is 24.1 Å². The fourth-order valence-electron chi connectivity index (χ4n) is 2.42. The highest BCUT2D eigenvalue weighted by atomic mass is 16.5. The van der Waals surface area contributed by atoms with E-state index in [-0.39, 0.29) is 0 Å². The van der Waals surface area contributed by atoms with Crippen molar-refractivity contribution in [2.45, 2.75) is 46.2 Å². The van der Waals surface area contributed by atoms with Gasteiger partial charge in [-0.2, -0.15) is 0 Å². The van der Waals surface area contributed by atoms with Crippen LogP contribution in [-0.2, 0) is 6.54 Å². The summed E-state index contributed by atoms with van der Waals surface area (Å²) in [6, 6.07) is 13.5. The molecule has 0 heterocycles. The number of hydrogen-bond acceptors (Lipinski definition) is 2. The minimum Gasteiger partial charge on any atom is -0.457 e. The molecule has 0 radical (unpaired) electrons. The summed E-state index contributed by atoms with van der Waals surface area (Å²) in [4.78, 5) is 0. The van der Waals surface area contributed by atoms with Gasteiger partial charge in [-0.3, -0.25) is 0 Å². The first-order chi connectivity index (χ1) is 10.1. The lowest BCUT2D eigenvalue weighted by Gasteiger charge is -2.13. The van der Waals surface area contributed by atoms with E-state index in [2.05, 4.69) is 62.5 Å². The van der Waals surface area contributed by atoms with Crippen LogP contribution in [0.5, 0.6) is 11.5 Å². The van der Waals surface area contributed by atoms with Crippen LogP contribution in [-0.4, -0.2) is 6.04 Å². The van der Waals surface area contributed by atoms with Crippen LogP contribution in [0.25, 0.3) is 0 Å². The summed E-state index contributed by atoms with van der Waals surface area (Å²) in [6.45, 7) is 7.24. The average Bonchev–Trinajstić information content (AvgIpc) is 3.27. The number of hydrogen-bond donors (Lipinski definition) is 1. The topological polar surface area (TPSA) is 21.3 Å². The molecule has 1 aliphatic carbocycles. The van der Waals surface area contributed by atoms with Gasteiger partial charge in [0.1, 0.15) is 11.5 Å². The van der Waals surface area contributed by atoms with Crippen molar-refractivity contribution in [3.05, 3.63) is 58.7 Å². The van der Waals surface area contributed by atoms with Gasteiger partial charge < -0.3 is 10.1 Å². The molecule has 2 heteroatoms. The summed E-state index contributed by atoms with van der Waals surface area (Å²) in [5.74, 6) is 1.89. The average molecular weight is 281 g/mol. The summed E-state index contributed by atoms with van der Waals surface area (Å²) in [6.07, 6.45) is 2.65. The van der Waals surface area contributed by atoms with Crippen molar-refractivity contribution >= 4 is 0 Å². The zero-order valence-corrected chi connectivity index (χ0v) is 13.1. The molecule has 1 fully saturated rings. The molecule has 1 aliphatic rings. The summed E-state index contributed by atoms with van der Waals surface area (Å²) < 4.78 is 6.09. The zero-order chi connectivity index (χ0) is 14.8. The van der Waals surface area contributed by atoms with Crippen molar-refractivity contribution in [2.24, 2.45) is 0 Å². The molecule has 0 spiro atoms. The summed E-state index contributed by atoms with van der Waals surface area (Å²) in [5.41, 5.74) is 4.90. The summed E-state index contributed by atoms with van der Waals surface area (Å²) in [5, 5.41) is 3.55. The maximum absolute atomic E-state index is 6.09.